The lowest BCUT2D eigenvalue weighted by Crippen LogP contribution is -2.39. The lowest BCUT2D eigenvalue weighted by atomic mass is 10.1. The van der Waals surface area contributed by atoms with E-state index in [0.29, 0.717) is 17.6 Å². The highest BCUT2D eigenvalue weighted by Crippen LogP contribution is 2.34. The molecule has 2 amide bonds. The second kappa shape index (κ2) is 7.71. The molecule has 1 aliphatic carbocycles. The van der Waals surface area contributed by atoms with Gasteiger partial charge in [-0.05, 0) is 56.1 Å². The van der Waals surface area contributed by atoms with Gasteiger partial charge < -0.3 is 15.7 Å². The highest BCUT2D eigenvalue weighted by Gasteiger charge is 2.31. The summed E-state index contributed by atoms with van der Waals surface area (Å²) in [5.74, 6) is 0.533. The average Bonchev–Trinajstić information content (AvgIpc) is 3.31. The fourth-order valence-electron chi connectivity index (χ4n) is 2.40. The number of rotatable bonds is 7. The second-order valence-electron chi connectivity index (χ2n) is 5.56. The van der Waals surface area contributed by atoms with Crippen LogP contribution in [0, 0.1) is 5.92 Å². The summed E-state index contributed by atoms with van der Waals surface area (Å²) in [6.07, 6.45) is 4.99. The van der Waals surface area contributed by atoms with Crippen molar-refractivity contribution in [2.24, 2.45) is 5.92 Å². The first-order valence-corrected chi connectivity index (χ1v) is 8.74. The van der Waals surface area contributed by atoms with E-state index >= 15 is 0 Å². The van der Waals surface area contributed by atoms with Gasteiger partial charge in [0.25, 0.3) is 0 Å². The summed E-state index contributed by atoms with van der Waals surface area (Å²) in [6, 6.07) is 7.85. The third-order valence-electron chi connectivity index (χ3n) is 3.92. The number of hydrogen-bond donors (Lipinski definition) is 3. The SMILES string of the molecule is CSC(C)c1cccc(NC(=O)NC(CCO)C2CC2)c1. The molecule has 2 rings (SSSR count). The van der Waals surface area contributed by atoms with Gasteiger partial charge in [-0.25, -0.2) is 4.79 Å². The van der Waals surface area contributed by atoms with Gasteiger partial charge in [0.1, 0.15) is 0 Å². The number of carbonyl (C=O) groups is 1. The van der Waals surface area contributed by atoms with E-state index in [2.05, 4.69) is 29.9 Å². The number of anilines is 1. The number of thioether (sulfide) groups is 1. The zero-order valence-electron chi connectivity index (χ0n) is 12.6. The topological polar surface area (TPSA) is 61.4 Å². The smallest absolute Gasteiger partial charge is 0.319 e. The van der Waals surface area contributed by atoms with Crippen LogP contribution in [0.1, 0.15) is 37.0 Å². The van der Waals surface area contributed by atoms with E-state index in [1.54, 1.807) is 11.8 Å². The van der Waals surface area contributed by atoms with Crippen molar-refractivity contribution in [3.05, 3.63) is 29.8 Å². The molecule has 2 unspecified atom stereocenters. The van der Waals surface area contributed by atoms with Crippen molar-refractivity contribution in [1.82, 2.24) is 5.32 Å². The molecule has 2 atom stereocenters. The first-order valence-electron chi connectivity index (χ1n) is 7.45. The van der Waals surface area contributed by atoms with Gasteiger partial charge in [-0.1, -0.05) is 12.1 Å². The lowest BCUT2D eigenvalue weighted by molar-refractivity contribution is 0.234. The maximum atomic E-state index is 12.1. The number of amides is 2. The van der Waals surface area contributed by atoms with Crippen LogP contribution in [0.2, 0.25) is 0 Å². The lowest BCUT2D eigenvalue weighted by Gasteiger charge is -2.18. The first-order chi connectivity index (χ1) is 10.1. The maximum absolute atomic E-state index is 12.1. The Kier molecular flexibility index (Phi) is 5.94. The molecule has 3 N–H and O–H groups in total. The van der Waals surface area contributed by atoms with Crippen LogP contribution in [-0.4, -0.2) is 30.0 Å². The Morgan fingerprint density at radius 1 is 1.48 bits per heavy atom. The van der Waals surface area contributed by atoms with Crippen molar-refractivity contribution >= 4 is 23.5 Å². The van der Waals surface area contributed by atoms with Crippen LogP contribution in [0.15, 0.2) is 24.3 Å². The minimum atomic E-state index is -0.186. The molecule has 21 heavy (non-hydrogen) atoms. The molecule has 0 heterocycles. The summed E-state index contributed by atoms with van der Waals surface area (Å²) in [7, 11) is 0. The van der Waals surface area contributed by atoms with Crippen molar-refractivity contribution in [3.8, 4) is 0 Å². The predicted molar refractivity (Wildman–Crippen MR) is 88.7 cm³/mol. The van der Waals surface area contributed by atoms with Crippen LogP contribution in [0.4, 0.5) is 10.5 Å². The molecule has 116 valence electrons. The van der Waals surface area contributed by atoms with Crippen LogP contribution < -0.4 is 10.6 Å². The Morgan fingerprint density at radius 3 is 2.86 bits per heavy atom. The summed E-state index contributed by atoms with van der Waals surface area (Å²) in [5.41, 5.74) is 2.01. The molecule has 0 radical (unpaired) electrons. The summed E-state index contributed by atoms with van der Waals surface area (Å²) in [6.45, 7) is 2.26. The first kappa shape index (κ1) is 16.2. The molecule has 1 aromatic carbocycles. The number of aliphatic hydroxyl groups excluding tert-OH is 1. The number of urea groups is 1. The van der Waals surface area contributed by atoms with Crippen LogP contribution in [0.25, 0.3) is 0 Å². The van der Waals surface area contributed by atoms with Crippen molar-refractivity contribution < 1.29 is 9.90 Å². The maximum Gasteiger partial charge on any atom is 0.319 e. The molecule has 1 fully saturated rings. The van der Waals surface area contributed by atoms with E-state index < -0.39 is 0 Å². The van der Waals surface area contributed by atoms with E-state index in [1.165, 1.54) is 5.56 Å². The fraction of sp³-hybridized carbons (Fsp3) is 0.562. The summed E-state index contributed by atoms with van der Waals surface area (Å²) in [4.78, 5) is 12.1. The molecule has 0 aromatic heterocycles. The van der Waals surface area contributed by atoms with Crippen molar-refractivity contribution in [1.29, 1.82) is 0 Å². The number of benzene rings is 1. The highest BCUT2D eigenvalue weighted by atomic mass is 32.2. The number of carbonyl (C=O) groups excluding carboxylic acids is 1. The molecule has 1 saturated carbocycles. The van der Waals surface area contributed by atoms with Crippen molar-refractivity contribution in [2.75, 3.05) is 18.2 Å². The Bertz CT molecular complexity index is 477. The molecule has 0 spiro atoms. The minimum Gasteiger partial charge on any atom is -0.396 e. The van der Waals surface area contributed by atoms with Crippen molar-refractivity contribution in [3.63, 3.8) is 0 Å². The predicted octanol–water partition coefficient (Wildman–Crippen LogP) is 3.39. The molecule has 1 aliphatic rings. The molecule has 0 bridgehead atoms. The highest BCUT2D eigenvalue weighted by molar-refractivity contribution is 7.98. The van der Waals surface area contributed by atoms with Crippen LogP contribution in [0.3, 0.4) is 0 Å². The average molecular weight is 308 g/mol. The van der Waals surface area contributed by atoms with Gasteiger partial charge >= 0.3 is 6.03 Å². The molecule has 0 saturated heterocycles. The molecule has 4 nitrogen and oxygen atoms in total. The van der Waals surface area contributed by atoms with E-state index in [-0.39, 0.29) is 18.7 Å². The number of aliphatic hydroxyl groups is 1. The third kappa shape index (κ3) is 4.93. The van der Waals surface area contributed by atoms with Gasteiger partial charge in [0.15, 0.2) is 0 Å². The Hall–Kier alpha value is -1.20. The van der Waals surface area contributed by atoms with Gasteiger partial charge in [0.05, 0.1) is 0 Å². The van der Waals surface area contributed by atoms with E-state index in [9.17, 15) is 4.79 Å². The van der Waals surface area contributed by atoms with Crippen LogP contribution in [0.5, 0.6) is 0 Å². The standard InChI is InChI=1S/C16H24N2O2S/c1-11(21-2)13-4-3-5-14(10-13)17-16(20)18-15(8-9-19)12-6-7-12/h3-5,10-12,15,19H,6-9H2,1-2H3,(H2,17,18,20). The van der Waals surface area contributed by atoms with E-state index in [0.717, 1.165) is 18.5 Å². The fourth-order valence-corrected chi connectivity index (χ4v) is 2.82. The molecule has 1 aromatic rings. The third-order valence-corrected chi connectivity index (χ3v) is 4.89. The molecular weight excluding hydrogens is 284 g/mol. The molecule has 0 aliphatic heterocycles. The minimum absolute atomic E-state index is 0.0864. The van der Waals surface area contributed by atoms with Crippen molar-refractivity contribution in [2.45, 2.75) is 37.5 Å². The molecular formula is C16H24N2O2S. The number of hydrogen-bond acceptors (Lipinski definition) is 3. The van der Waals surface area contributed by atoms with Gasteiger partial charge in [0.2, 0.25) is 0 Å². The quantitative estimate of drug-likeness (QED) is 0.723. The van der Waals surface area contributed by atoms with Gasteiger partial charge in [-0.3, -0.25) is 0 Å². The Morgan fingerprint density at radius 2 is 2.24 bits per heavy atom. The number of nitrogens with one attached hydrogen (secondary N) is 2. The van der Waals surface area contributed by atoms with Gasteiger partial charge in [-0.15, -0.1) is 0 Å². The van der Waals surface area contributed by atoms with Gasteiger partial charge in [-0.2, -0.15) is 11.8 Å². The summed E-state index contributed by atoms with van der Waals surface area (Å²) in [5, 5.41) is 15.3. The van der Waals surface area contributed by atoms with Crippen LogP contribution >= 0.6 is 11.8 Å². The Labute approximate surface area is 130 Å². The zero-order chi connectivity index (χ0) is 15.2. The normalized spacial score (nSPS) is 17.1. The Balaban J connectivity index is 1.92. The zero-order valence-corrected chi connectivity index (χ0v) is 13.5. The molecule has 5 heteroatoms. The summed E-state index contributed by atoms with van der Waals surface area (Å²) < 4.78 is 0. The van der Waals surface area contributed by atoms with E-state index in [4.69, 9.17) is 5.11 Å². The van der Waals surface area contributed by atoms with Crippen LogP contribution in [-0.2, 0) is 0 Å². The van der Waals surface area contributed by atoms with E-state index in [1.807, 2.05) is 18.2 Å². The second-order valence-corrected chi connectivity index (χ2v) is 6.74. The summed E-state index contributed by atoms with van der Waals surface area (Å²) >= 11 is 1.78. The van der Waals surface area contributed by atoms with Gasteiger partial charge in [0, 0.05) is 23.6 Å². The monoisotopic (exact) mass is 308 g/mol. The largest absolute Gasteiger partial charge is 0.396 e.